The minimum absolute atomic E-state index is 0.0927. The van der Waals surface area contributed by atoms with Gasteiger partial charge in [0.1, 0.15) is 29.0 Å². The molecule has 0 spiro atoms. The molecule has 0 aliphatic carbocycles. The fourth-order valence-electron chi connectivity index (χ4n) is 4.08. The van der Waals surface area contributed by atoms with E-state index in [4.69, 9.17) is 21.6 Å². The fraction of sp³-hybridized carbons (Fsp3) is 0.286. The van der Waals surface area contributed by atoms with Crippen LogP contribution in [-0.2, 0) is 16.9 Å². The van der Waals surface area contributed by atoms with Crippen molar-refractivity contribution in [3.8, 4) is 5.40 Å². The maximum atomic E-state index is 15.1. The highest BCUT2D eigenvalue weighted by Gasteiger charge is 2.47. The zero-order valence-corrected chi connectivity index (χ0v) is 17.3. The first-order valence-electron chi connectivity index (χ1n) is 9.33. The molecular formula is C21H17ClF2N4OS. The van der Waals surface area contributed by atoms with E-state index in [1.807, 2.05) is 23.6 Å². The largest absolute Gasteiger partial charge is 0.368 e. The van der Waals surface area contributed by atoms with Crippen LogP contribution in [0.15, 0.2) is 53.9 Å². The third kappa shape index (κ3) is 3.81. The minimum Gasteiger partial charge on any atom is -0.368 e. The van der Waals surface area contributed by atoms with Crippen LogP contribution in [0, 0.1) is 22.3 Å². The van der Waals surface area contributed by atoms with Crippen LogP contribution in [-0.4, -0.2) is 21.4 Å². The maximum Gasteiger partial charge on any atom is 0.200 e. The maximum absolute atomic E-state index is 15.1. The van der Waals surface area contributed by atoms with Gasteiger partial charge in [0.05, 0.1) is 6.54 Å². The zero-order valence-electron chi connectivity index (χ0n) is 15.8. The first-order valence-corrected chi connectivity index (χ1v) is 10.5. The van der Waals surface area contributed by atoms with E-state index in [1.54, 1.807) is 6.07 Å². The van der Waals surface area contributed by atoms with Gasteiger partial charge in [-0.25, -0.2) is 18.4 Å². The van der Waals surface area contributed by atoms with Gasteiger partial charge in [0.2, 0.25) is 5.16 Å². The second-order valence-corrected chi connectivity index (χ2v) is 8.13. The minimum atomic E-state index is -1.21. The monoisotopic (exact) mass is 446 g/mol. The van der Waals surface area contributed by atoms with Crippen LogP contribution in [0.25, 0.3) is 0 Å². The van der Waals surface area contributed by atoms with Crippen molar-refractivity contribution in [3.63, 3.8) is 0 Å². The molecule has 1 saturated heterocycles. The highest BCUT2D eigenvalue weighted by molar-refractivity contribution is 8.03. The lowest BCUT2D eigenvalue weighted by molar-refractivity contribution is -0.116. The number of ether oxygens (including phenoxy) is 1. The Hall–Kier alpha value is -2.47. The summed E-state index contributed by atoms with van der Waals surface area (Å²) in [6, 6.07) is 10.9. The Bertz CT molecular complexity index is 1100. The molecule has 0 amide bonds. The van der Waals surface area contributed by atoms with Gasteiger partial charge in [-0.2, -0.15) is 10.4 Å². The molecule has 1 aromatic heterocycles. The second kappa shape index (κ2) is 8.72. The smallest absolute Gasteiger partial charge is 0.200 e. The third-order valence-electron chi connectivity index (χ3n) is 5.33. The van der Waals surface area contributed by atoms with Crippen LogP contribution in [0.5, 0.6) is 0 Å². The van der Waals surface area contributed by atoms with Crippen molar-refractivity contribution in [2.45, 2.75) is 36.1 Å². The van der Waals surface area contributed by atoms with Crippen molar-refractivity contribution < 1.29 is 13.5 Å². The van der Waals surface area contributed by atoms with Gasteiger partial charge in [0.25, 0.3) is 0 Å². The number of hydrogen-bond acceptors (Lipinski definition) is 5. The standard InChI is InChI=1S/C21H17ClF2N4OS/c22-18-6-2-1-4-15(18)16-5-3-9-29-21(16,17-8-7-14(23)10-19(17)24)11-28-20(30-12-25)26-13-27-28/h1-2,4,6-8,10,13,16H,3,5,9,11H2. The van der Waals surface area contributed by atoms with E-state index in [-0.39, 0.29) is 18.0 Å². The van der Waals surface area contributed by atoms with Crippen molar-refractivity contribution in [2.24, 2.45) is 0 Å². The van der Waals surface area contributed by atoms with Crippen molar-refractivity contribution in [1.29, 1.82) is 5.26 Å². The predicted octanol–water partition coefficient (Wildman–Crippen LogP) is 5.27. The van der Waals surface area contributed by atoms with Gasteiger partial charge in [-0.3, -0.25) is 0 Å². The number of rotatable bonds is 5. The summed E-state index contributed by atoms with van der Waals surface area (Å²) in [5.74, 6) is -1.69. The van der Waals surface area contributed by atoms with Crippen LogP contribution in [0.3, 0.4) is 0 Å². The number of thioether (sulfide) groups is 1. The molecule has 2 unspecified atom stereocenters. The molecule has 2 heterocycles. The Morgan fingerprint density at radius 1 is 1.30 bits per heavy atom. The summed E-state index contributed by atoms with van der Waals surface area (Å²) in [6.07, 6.45) is 2.79. The van der Waals surface area contributed by atoms with Crippen LogP contribution in [0.1, 0.15) is 29.9 Å². The molecular weight excluding hydrogens is 430 g/mol. The summed E-state index contributed by atoms with van der Waals surface area (Å²) in [6.45, 7) is 0.489. The van der Waals surface area contributed by atoms with Gasteiger partial charge in [-0.1, -0.05) is 35.9 Å². The molecule has 30 heavy (non-hydrogen) atoms. The van der Waals surface area contributed by atoms with E-state index in [9.17, 15) is 4.39 Å². The van der Waals surface area contributed by atoms with Crippen molar-refractivity contribution >= 4 is 23.4 Å². The van der Waals surface area contributed by atoms with Gasteiger partial charge in [0, 0.05) is 40.9 Å². The van der Waals surface area contributed by atoms with Gasteiger partial charge in [0.15, 0.2) is 0 Å². The van der Waals surface area contributed by atoms with Gasteiger partial charge in [-0.05, 0) is 30.5 Å². The van der Waals surface area contributed by atoms with Crippen LogP contribution >= 0.6 is 23.4 Å². The average Bonchev–Trinajstić information content (AvgIpc) is 3.16. The Morgan fingerprint density at radius 2 is 2.13 bits per heavy atom. The molecule has 9 heteroatoms. The van der Waals surface area contributed by atoms with E-state index in [0.717, 1.165) is 29.8 Å². The number of aromatic nitrogens is 3. The summed E-state index contributed by atoms with van der Waals surface area (Å²) in [7, 11) is 0. The molecule has 3 aromatic rings. The molecule has 1 fully saturated rings. The molecule has 1 aliphatic heterocycles. The molecule has 0 radical (unpaired) electrons. The lowest BCUT2D eigenvalue weighted by Crippen LogP contribution is -2.45. The van der Waals surface area contributed by atoms with E-state index in [2.05, 4.69) is 10.1 Å². The summed E-state index contributed by atoms with van der Waals surface area (Å²) in [4.78, 5) is 4.11. The number of thiocyanates is 1. The van der Waals surface area contributed by atoms with E-state index in [0.29, 0.717) is 23.2 Å². The number of nitriles is 1. The number of hydrogen-bond donors (Lipinski definition) is 0. The third-order valence-corrected chi connectivity index (χ3v) is 6.26. The van der Waals surface area contributed by atoms with E-state index >= 15 is 4.39 Å². The quantitative estimate of drug-likeness (QED) is 0.394. The van der Waals surface area contributed by atoms with E-state index in [1.165, 1.54) is 23.1 Å². The van der Waals surface area contributed by atoms with Gasteiger partial charge < -0.3 is 4.74 Å². The summed E-state index contributed by atoms with van der Waals surface area (Å²) in [5, 5.41) is 16.2. The lowest BCUT2D eigenvalue weighted by Gasteiger charge is -2.45. The van der Waals surface area contributed by atoms with Crippen LogP contribution in [0.2, 0.25) is 5.02 Å². The Morgan fingerprint density at radius 3 is 2.90 bits per heavy atom. The lowest BCUT2D eigenvalue weighted by atomic mass is 9.73. The Labute approximate surface area is 181 Å². The fourth-order valence-corrected chi connectivity index (χ4v) is 4.75. The topological polar surface area (TPSA) is 63.7 Å². The normalized spacial score (nSPS) is 21.3. The van der Waals surface area contributed by atoms with E-state index < -0.39 is 17.2 Å². The second-order valence-electron chi connectivity index (χ2n) is 6.97. The SMILES string of the molecule is N#CSc1ncnn1CC1(c2ccc(F)cc2F)OCCCC1c1ccccc1Cl. The molecule has 4 rings (SSSR count). The number of halogens is 3. The summed E-state index contributed by atoms with van der Waals surface area (Å²) < 4.78 is 36.6. The van der Waals surface area contributed by atoms with Crippen LogP contribution < -0.4 is 0 Å². The molecule has 0 N–H and O–H groups in total. The highest BCUT2D eigenvalue weighted by Crippen LogP contribution is 2.49. The van der Waals surface area contributed by atoms with Crippen molar-refractivity contribution in [1.82, 2.24) is 14.8 Å². The van der Waals surface area contributed by atoms with Crippen molar-refractivity contribution in [3.05, 3.63) is 76.6 Å². The molecule has 2 aromatic carbocycles. The number of benzene rings is 2. The zero-order chi connectivity index (χ0) is 21.1. The Kier molecular flexibility index (Phi) is 6.04. The average molecular weight is 447 g/mol. The van der Waals surface area contributed by atoms with Gasteiger partial charge >= 0.3 is 0 Å². The molecule has 0 bridgehead atoms. The van der Waals surface area contributed by atoms with Crippen LogP contribution in [0.4, 0.5) is 8.78 Å². The molecule has 5 nitrogen and oxygen atoms in total. The molecule has 154 valence electrons. The molecule has 2 atom stereocenters. The predicted molar refractivity (Wildman–Crippen MR) is 109 cm³/mol. The summed E-state index contributed by atoms with van der Waals surface area (Å²) >= 11 is 7.37. The molecule has 1 aliphatic rings. The molecule has 0 saturated carbocycles. The first kappa shape index (κ1) is 20.8. The van der Waals surface area contributed by atoms with Gasteiger partial charge in [-0.15, -0.1) is 0 Å². The number of nitrogens with zero attached hydrogens (tertiary/aromatic N) is 4. The summed E-state index contributed by atoms with van der Waals surface area (Å²) in [5.41, 5.74) is -0.173. The highest BCUT2D eigenvalue weighted by atomic mass is 35.5. The first-order chi connectivity index (χ1) is 14.5. The van der Waals surface area contributed by atoms with Crippen molar-refractivity contribution in [2.75, 3.05) is 6.61 Å². The Balaban J connectivity index is 1.91.